The van der Waals surface area contributed by atoms with E-state index in [2.05, 4.69) is 22.4 Å². The predicted molar refractivity (Wildman–Crippen MR) is 172 cm³/mol. The van der Waals surface area contributed by atoms with Crippen molar-refractivity contribution in [3.05, 3.63) is 136 Å². The van der Waals surface area contributed by atoms with Crippen molar-refractivity contribution < 1.29 is 23.5 Å². The highest BCUT2D eigenvalue weighted by Crippen LogP contribution is 2.22. The number of amides is 2. The number of aliphatic hydroxyl groups excluding tert-OH is 1. The van der Waals surface area contributed by atoms with Crippen molar-refractivity contribution in [1.82, 2.24) is 15.2 Å². The van der Waals surface area contributed by atoms with Crippen LogP contribution >= 0.6 is 0 Å². The van der Waals surface area contributed by atoms with E-state index in [0.717, 1.165) is 42.9 Å². The lowest BCUT2D eigenvalue weighted by Gasteiger charge is -2.25. The van der Waals surface area contributed by atoms with Crippen LogP contribution in [0.3, 0.4) is 0 Å². The third kappa shape index (κ3) is 9.53. The van der Waals surface area contributed by atoms with Gasteiger partial charge in [-0.1, -0.05) is 50.2 Å². The van der Waals surface area contributed by atoms with Gasteiger partial charge < -0.3 is 15.3 Å². The first-order valence-electron chi connectivity index (χ1n) is 15.5. The monoisotopic (exact) mass is 613 g/mol. The first-order chi connectivity index (χ1) is 21.7. The Morgan fingerprint density at radius 1 is 0.822 bits per heavy atom. The van der Waals surface area contributed by atoms with Gasteiger partial charge in [-0.2, -0.15) is 0 Å². The summed E-state index contributed by atoms with van der Waals surface area (Å²) in [5.41, 5.74) is 4.16. The highest BCUT2D eigenvalue weighted by molar-refractivity contribution is 6.00. The maximum atomic E-state index is 14.1. The lowest BCUT2D eigenvalue weighted by Crippen LogP contribution is -2.41. The van der Waals surface area contributed by atoms with E-state index in [1.807, 2.05) is 45.0 Å². The molecule has 236 valence electrons. The number of nitrogens with one attached hydrogen (secondary N) is 1. The van der Waals surface area contributed by atoms with Gasteiger partial charge in [-0.05, 0) is 97.7 Å². The molecule has 1 aromatic heterocycles. The Balaban J connectivity index is 1.57. The van der Waals surface area contributed by atoms with Crippen molar-refractivity contribution in [2.45, 2.75) is 65.0 Å². The zero-order valence-corrected chi connectivity index (χ0v) is 26.1. The van der Waals surface area contributed by atoms with Crippen molar-refractivity contribution >= 4 is 11.8 Å². The SMILES string of the molecule is CCCN(CCC)C(=O)c1cc(C)cc(C(=O)N[C@@H](Cc2cc(F)cc(F)c2)C(O)c2ccc(CCc3ccccc3)cn2)c1. The van der Waals surface area contributed by atoms with Gasteiger partial charge in [0.1, 0.15) is 17.7 Å². The molecule has 8 heteroatoms. The predicted octanol–water partition coefficient (Wildman–Crippen LogP) is 6.79. The van der Waals surface area contributed by atoms with E-state index < -0.39 is 29.7 Å². The van der Waals surface area contributed by atoms with Crippen molar-refractivity contribution in [2.24, 2.45) is 0 Å². The van der Waals surface area contributed by atoms with E-state index in [0.29, 0.717) is 24.3 Å². The van der Waals surface area contributed by atoms with E-state index in [-0.39, 0.29) is 23.5 Å². The minimum atomic E-state index is -1.28. The van der Waals surface area contributed by atoms with Crippen molar-refractivity contribution in [1.29, 1.82) is 0 Å². The maximum Gasteiger partial charge on any atom is 0.253 e. The highest BCUT2D eigenvalue weighted by Gasteiger charge is 2.26. The van der Waals surface area contributed by atoms with E-state index in [9.17, 15) is 23.5 Å². The zero-order chi connectivity index (χ0) is 32.3. The minimum absolute atomic E-state index is 0.0581. The fourth-order valence-electron chi connectivity index (χ4n) is 5.45. The Morgan fingerprint density at radius 3 is 2.09 bits per heavy atom. The molecular weight excluding hydrogens is 572 g/mol. The van der Waals surface area contributed by atoms with Crippen LogP contribution in [0.5, 0.6) is 0 Å². The first kappa shape index (κ1) is 33.5. The fourth-order valence-corrected chi connectivity index (χ4v) is 5.45. The van der Waals surface area contributed by atoms with Crippen LogP contribution in [0.1, 0.15) is 81.5 Å². The first-order valence-corrected chi connectivity index (χ1v) is 15.5. The summed E-state index contributed by atoms with van der Waals surface area (Å²) in [4.78, 5) is 33.2. The van der Waals surface area contributed by atoms with E-state index in [1.165, 1.54) is 17.7 Å². The number of rotatable bonds is 14. The number of hydrogen-bond acceptors (Lipinski definition) is 4. The molecular formula is C37H41F2N3O3. The summed E-state index contributed by atoms with van der Waals surface area (Å²) in [6.45, 7) is 7.04. The third-order valence-electron chi connectivity index (χ3n) is 7.63. The number of aromatic nitrogens is 1. The summed E-state index contributed by atoms with van der Waals surface area (Å²) in [7, 11) is 0. The summed E-state index contributed by atoms with van der Waals surface area (Å²) in [5, 5.41) is 14.3. The lowest BCUT2D eigenvalue weighted by atomic mass is 9.97. The molecule has 0 fully saturated rings. The lowest BCUT2D eigenvalue weighted by molar-refractivity contribution is 0.0755. The van der Waals surface area contributed by atoms with Crippen LogP contribution in [0.25, 0.3) is 0 Å². The van der Waals surface area contributed by atoms with E-state index in [1.54, 1.807) is 35.4 Å². The van der Waals surface area contributed by atoms with Gasteiger partial charge >= 0.3 is 0 Å². The molecule has 0 aliphatic carbocycles. The second-order valence-corrected chi connectivity index (χ2v) is 11.5. The number of carbonyl (C=O) groups is 2. The maximum absolute atomic E-state index is 14.1. The number of halogens is 2. The van der Waals surface area contributed by atoms with Crippen LogP contribution < -0.4 is 5.32 Å². The zero-order valence-electron chi connectivity index (χ0n) is 26.1. The Hall–Kier alpha value is -4.43. The molecule has 0 saturated carbocycles. The Morgan fingerprint density at radius 2 is 1.47 bits per heavy atom. The van der Waals surface area contributed by atoms with E-state index in [4.69, 9.17) is 0 Å². The molecule has 2 amide bonds. The number of aliphatic hydroxyl groups is 1. The van der Waals surface area contributed by atoms with Gasteiger partial charge in [-0.3, -0.25) is 14.6 Å². The molecule has 4 aromatic rings. The molecule has 2 atom stereocenters. The third-order valence-corrected chi connectivity index (χ3v) is 7.63. The van der Waals surface area contributed by atoms with Gasteiger partial charge in [0.25, 0.3) is 11.8 Å². The Kier molecular flexibility index (Phi) is 11.9. The molecule has 6 nitrogen and oxygen atoms in total. The molecule has 0 saturated heterocycles. The number of carbonyl (C=O) groups excluding carboxylic acids is 2. The topological polar surface area (TPSA) is 82.5 Å². The second kappa shape index (κ2) is 16.0. The Labute approximate surface area is 264 Å². The van der Waals surface area contributed by atoms with Crippen LogP contribution in [0.4, 0.5) is 8.78 Å². The van der Waals surface area contributed by atoms with Gasteiger partial charge in [0.05, 0.1) is 11.7 Å². The van der Waals surface area contributed by atoms with Crippen molar-refractivity contribution in [2.75, 3.05) is 13.1 Å². The second-order valence-electron chi connectivity index (χ2n) is 11.5. The number of hydrogen-bond donors (Lipinski definition) is 2. The summed E-state index contributed by atoms with van der Waals surface area (Å²) in [6.07, 6.45) is 3.58. The quantitative estimate of drug-likeness (QED) is 0.164. The van der Waals surface area contributed by atoms with Crippen molar-refractivity contribution in [3.63, 3.8) is 0 Å². The number of benzene rings is 3. The molecule has 3 aromatic carbocycles. The largest absolute Gasteiger partial charge is 0.385 e. The van der Waals surface area contributed by atoms with Crippen LogP contribution in [0.15, 0.2) is 85.1 Å². The summed E-state index contributed by atoms with van der Waals surface area (Å²) >= 11 is 0. The molecule has 1 unspecified atom stereocenters. The fraction of sp³-hybridized carbons (Fsp3) is 0.324. The molecule has 1 heterocycles. The average Bonchev–Trinajstić information content (AvgIpc) is 3.02. The molecule has 45 heavy (non-hydrogen) atoms. The van der Waals surface area contributed by atoms with Crippen molar-refractivity contribution in [3.8, 4) is 0 Å². The van der Waals surface area contributed by atoms with Gasteiger partial charge in [0.2, 0.25) is 0 Å². The van der Waals surface area contributed by atoms with Crippen LogP contribution in [0.2, 0.25) is 0 Å². The molecule has 0 aliphatic rings. The summed E-state index contributed by atoms with van der Waals surface area (Å²) < 4.78 is 28.1. The van der Waals surface area contributed by atoms with Gasteiger partial charge in [0, 0.05) is 36.5 Å². The summed E-state index contributed by atoms with van der Waals surface area (Å²) in [5.74, 6) is -2.18. The van der Waals surface area contributed by atoms with Crippen LogP contribution in [0, 0.1) is 18.6 Å². The van der Waals surface area contributed by atoms with E-state index >= 15 is 0 Å². The number of nitrogens with zero attached hydrogens (tertiary/aromatic N) is 2. The number of pyridine rings is 1. The molecule has 4 rings (SSSR count). The molecule has 0 spiro atoms. The van der Waals surface area contributed by atoms with Crippen LogP contribution in [-0.4, -0.2) is 45.9 Å². The number of aryl methyl sites for hydroxylation is 3. The summed E-state index contributed by atoms with van der Waals surface area (Å²) in [6, 6.07) is 20.8. The van der Waals surface area contributed by atoms with Gasteiger partial charge in [0.15, 0.2) is 0 Å². The minimum Gasteiger partial charge on any atom is -0.385 e. The average molecular weight is 614 g/mol. The normalized spacial score (nSPS) is 12.4. The molecule has 0 radical (unpaired) electrons. The standard InChI is InChI=1S/C37H41F2N3O3/c1-4-15-42(16-5-2)37(45)30-18-25(3)17-29(22-30)36(44)41-34(21-28-19-31(38)23-32(39)20-28)35(43)33-14-13-27(24-40-33)12-11-26-9-7-6-8-10-26/h6-10,13-14,17-20,22-24,34-35,43H,4-5,11-12,15-16,21H2,1-3H3,(H,41,44)/t34-,35?/m0/s1. The molecule has 0 bridgehead atoms. The van der Waals surface area contributed by atoms with Gasteiger partial charge in [-0.15, -0.1) is 0 Å². The van der Waals surface area contributed by atoms with Gasteiger partial charge in [-0.25, -0.2) is 8.78 Å². The molecule has 2 N–H and O–H groups in total. The van der Waals surface area contributed by atoms with Crippen LogP contribution in [-0.2, 0) is 19.3 Å². The highest BCUT2D eigenvalue weighted by atomic mass is 19.1. The smallest absolute Gasteiger partial charge is 0.253 e. The molecule has 0 aliphatic heterocycles. The Bertz CT molecular complexity index is 1550.